The molecular weight excluding hydrogens is 493 g/mol. The molecule has 3 aromatic carbocycles. The summed E-state index contributed by atoms with van der Waals surface area (Å²) in [5.41, 5.74) is 4.61. The zero-order chi connectivity index (χ0) is 26.8. The van der Waals surface area contributed by atoms with E-state index in [-0.39, 0.29) is 17.6 Å². The monoisotopic (exact) mass is 523 g/mol. The number of halogens is 1. The van der Waals surface area contributed by atoms with Crippen molar-refractivity contribution in [2.45, 2.75) is 31.8 Å². The predicted molar refractivity (Wildman–Crippen MR) is 151 cm³/mol. The lowest BCUT2D eigenvalue weighted by atomic mass is 10.0. The maximum Gasteiger partial charge on any atom is 0.354 e. The smallest absolute Gasteiger partial charge is 0.354 e. The Kier molecular flexibility index (Phi) is 6.94. The molecule has 0 aliphatic carbocycles. The van der Waals surface area contributed by atoms with Gasteiger partial charge in [0, 0.05) is 31.1 Å². The van der Waals surface area contributed by atoms with Crippen LogP contribution in [0.5, 0.6) is 0 Å². The molecule has 0 spiro atoms. The summed E-state index contributed by atoms with van der Waals surface area (Å²) in [5, 5.41) is 14.3. The minimum Gasteiger partial charge on any atom is -0.477 e. The van der Waals surface area contributed by atoms with E-state index in [4.69, 9.17) is 4.98 Å². The maximum atomic E-state index is 13.4. The van der Waals surface area contributed by atoms with E-state index in [0.29, 0.717) is 18.5 Å². The number of fused-ring (bicyclic) bond motifs is 2. The van der Waals surface area contributed by atoms with Crippen molar-refractivity contribution in [2.75, 3.05) is 25.0 Å². The molecule has 8 heteroatoms. The van der Waals surface area contributed by atoms with Crippen molar-refractivity contribution in [1.29, 1.82) is 0 Å². The average Bonchev–Trinajstić information content (AvgIpc) is 3.29. The number of carboxylic acids is 1. The van der Waals surface area contributed by atoms with Crippen LogP contribution in [0.4, 0.5) is 10.3 Å². The van der Waals surface area contributed by atoms with Crippen molar-refractivity contribution in [2.24, 2.45) is 0 Å². The van der Waals surface area contributed by atoms with E-state index in [1.54, 1.807) is 0 Å². The maximum absolute atomic E-state index is 13.4. The van der Waals surface area contributed by atoms with Gasteiger partial charge in [-0.25, -0.2) is 19.2 Å². The molecular formula is C31H30FN5O2. The fourth-order valence-electron chi connectivity index (χ4n) is 5.42. The summed E-state index contributed by atoms with van der Waals surface area (Å²) < 4.78 is 15.6. The first-order chi connectivity index (χ1) is 19.0. The number of carboxylic acid groups (broad SMARTS) is 1. The van der Waals surface area contributed by atoms with Gasteiger partial charge in [-0.05, 0) is 66.8 Å². The third-order valence-corrected chi connectivity index (χ3v) is 7.53. The zero-order valence-corrected chi connectivity index (χ0v) is 21.6. The highest BCUT2D eigenvalue weighted by Gasteiger charge is 2.22. The number of hydrogen-bond acceptors (Lipinski definition) is 5. The molecule has 0 radical (unpaired) electrons. The van der Waals surface area contributed by atoms with Gasteiger partial charge < -0.3 is 19.9 Å². The summed E-state index contributed by atoms with van der Waals surface area (Å²) in [7, 11) is 0. The molecule has 2 N–H and O–H groups in total. The second-order valence-electron chi connectivity index (χ2n) is 10.1. The van der Waals surface area contributed by atoms with Gasteiger partial charge in [-0.3, -0.25) is 0 Å². The number of hydrogen-bond donors (Lipinski definition) is 2. The summed E-state index contributed by atoms with van der Waals surface area (Å²) in [6, 6.07) is 24.5. The number of aromatic carboxylic acids is 1. The number of nitrogens with zero attached hydrogens (tertiary/aromatic N) is 4. The number of nitrogens with one attached hydrogen (secondary N) is 1. The van der Waals surface area contributed by atoms with Gasteiger partial charge >= 0.3 is 5.97 Å². The first-order valence-electron chi connectivity index (χ1n) is 13.3. The lowest BCUT2D eigenvalue weighted by molar-refractivity contribution is 0.0689. The van der Waals surface area contributed by atoms with Gasteiger partial charge in [0.1, 0.15) is 5.82 Å². The average molecular weight is 524 g/mol. The standard InChI is InChI=1S/C31H30FN5O2/c32-24-11-9-21(10-12-24)20-37-28-8-4-3-7-27(28)35-31(37)33-25-14-17-36(18-15-25)16-13-23-19-22-5-1-2-6-26(22)34-29(23)30(38)39/h1-12,19,25H,13-18,20H2,(H,33,35)(H,38,39). The molecule has 0 saturated carbocycles. The summed E-state index contributed by atoms with van der Waals surface area (Å²) in [6.45, 7) is 3.22. The molecule has 1 aliphatic heterocycles. The highest BCUT2D eigenvalue weighted by atomic mass is 19.1. The van der Waals surface area contributed by atoms with Crippen LogP contribution in [0.1, 0.15) is 34.5 Å². The largest absolute Gasteiger partial charge is 0.477 e. The number of carbonyl (C=O) groups is 1. The number of pyridine rings is 1. The Bertz CT molecular complexity index is 1620. The van der Waals surface area contributed by atoms with Gasteiger partial charge in [-0.2, -0.15) is 0 Å². The molecule has 2 aromatic heterocycles. The van der Waals surface area contributed by atoms with E-state index < -0.39 is 5.97 Å². The van der Waals surface area contributed by atoms with Crippen molar-refractivity contribution in [3.8, 4) is 0 Å². The van der Waals surface area contributed by atoms with Crippen LogP contribution in [-0.4, -0.2) is 56.2 Å². The van der Waals surface area contributed by atoms with Crippen molar-refractivity contribution < 1.29 is 14.3 Å². The first kappa shape index (κ1) is 25.0. The lowest BCUT2D eigenvalue weighted by Crippen LogP contribution is -2.40. The fourth-order valence-corrected chi connectivity index (χ4v) is 5.42. The van der Waals surface area contributed by atoms with E-state index >= 15 is 0 Å². The molecule has 0 bridgehead atoms. The number of rotatable bonds is 8. The SMILES string of the molecule is O=C(O)c1nc2ccccc2cc1CCN1CCC(Nc2nc3ccccc3n2Cc2ccc(F)cc2)CC1. The van der Waals surface area contributed by atoms with Crippen LogP contribution < -0.4 is 5.32 Å². The van der Waals surface area contributed by atoms with Gasteiger partial charge in [-0.15, -0.1) is 0 Å². The number of benzene rings is 3. The minimum atomic E-state index is -0.984. The summed E-state index contributed by atoms with van der Waals surface area (Å²) in [5.74, 6) is -0.398. The number of para-hydroxylation sites is 3. The van der Waals surface area contributed by atoms with Crippen molar-refractivity contribution in [3.63, 3.8) is 0 Å². The third-order valence-electron chi connectivity index (χ3n) is 7.53. The molecule has 0 atom stereocenters. The van der Waals surface area contributed by atoms with E-state index in [9.17, 15) is 14.3 Å². The molecule has 39 heavy (non-hydrogen) atoms. The van der Waals surface area contributed by atoms with Gasteiger partial charge in [-0.1, -0.05) is 42.5 Å². The van der Waals surface area contributed by atoms with E-state index in [2.05, 4.69) is 25.8 Å². The molecule has 1 fully saturated rings. The molecule has 6 rings (SSSR count). The van der Waals surface area contributed by atoms with Crippen LogP contribution in [0.15, 0.2) is 78.9 Å². The van der Waals surface area contributed by atoms with Gasteiger partial charge in [0.15, 0.2) is 5.69 Å². The number of likely N-dealkylation sites (tertiary alicyclic amines) is 1. The fraction of sp³-hybridized carbons (Fsp3) is 0.258. The Hall–Kier alpha value is -4.30. The highest BCUT2D eigenvalue weighted by Crippen LogP contribution is 2.24. The van der Waals surface area contributed by atoms with Crippen molar-refractivity contribution in [3.05, 3.63) is 102 Å². The molecule has 3 heterocycles. The topological polar surface area (TPSA) is 83.3 Å². The molecule has 1 saturated heterocycles. The third kappa shape index (κ3) is 5.47. The second kappa shape index (κ2) is 10.8. The summed E-state index contributed by atoms with van der Waals surface area (Å²) >= 11 is 0. The van der Waals surface area contributed by atoms with Gasteiger partial charge in [0.25, 0.3) is 0 Å². The first-order valence-corrected chi connectivity index (χ1v) is 13.3. The molecule has 7 nitrogen and oxygen atoms in total. The Labute approximate surface area is 225 Å². The predicted octanol–water partition coefficient (Wildman–Crippen LogP) is 5.59. The van der Waals surface area contributed by atoms with E-state index in [0.717, 1.165) is 66.0 Å². The Morgan fingerprint density at radius 2 is 1.67 bits per heavy atom. The van der Waals surface area contributed by atoms with Crippen LogP contribution in [0.25, 0.3) is 21.9 Å². The van der Waals surface area contributed by atoms with Crippen molar-refractivity contribution in [1.82, 2.24) is 19.4 Å². The van der Waals surface area contributed by atoms with Crippen molar-refractivity contribution >= 4 is 33.9 Å². The molecule has 5 aromatic rings. The number of aromatic nitrogens is 3. The van der Waals surface area contributed by atoms with E-state index in [1.165, 1.54) is 12.1 Å². The number of imidazole rings is 1. The Balaban J connectivity index is 1.11. The van der Waals surface area contributed by atoms with Crippen LogP contribution in [0.2, 0.25) is 0 Å². The second-order valence-corrected chi connectivity index (χ2v) is 10.1. The van der Waals surface area contributed by atoms with E-state index in [1.807, 2.05) is 60.7 Å². The summed E-state index contributed by atoms with van der Waals surface area (Å²) in [6.07, 6.45) is 2.56. The normalized spacial score (nSPS) is 14.7. The van der Waals surface area contributed by atoms with Gasteiger partial charge in [0.2, 0.25) is 5.95 Å². The van der Waals surface area contributed by atoms with Crippen LogP contribution in [-0.2, 0) is 13.0 Å². The minimum absolute atomic E-state index is 0.144. The molecule has 0 amide bonds. The van der Waals surface area contributed by atoms with Crippen LogP contribution in [0.3, 0.4) is 0 Å². The number of anilines is 1. The van der Waals surface area contributed by atoms with Crippen LogP contribution in [0, 0.1) is 5.82 Å². The highest BCUT2D eigenvalue weighted by molar-refractivity contribution is 5.91. The Morgan fingerprint density at radius 1 is 0.949 bits per heavy atom. The molecule has 1 aliphatic rings. The number of piperidine rings is 1. The summed E-state index contributed by atoms with van der Waals surface area (Å²) in [4.78, 5) is 23.5. The molecule has 0 unspecified atom stereocenters. The zero-order valence-electron chi connectivity index (χ0n) is 21.6. The molecule has 198 valence electrons. The lowest BCUT2D eigenvalue weighted by Gasteiger charge is -2.32. The van der Waals surface area contributed by atoms with Crippen LogP contribution >= 0.6 is 0 Å². The van der Waals surface area contributed by atoms with Gasteiger partial charge in [0.05, 0.1) is 23.1 Å². The Morgan fingerprint density at radius 3 is 2.44 bits per heavy atom. The quantitative estimate of drug-likeness (QED) is 0.276.